The smallest absolute Gasteiger partial charge is 0.266 e. The summed E-state index contributed by atoms with van der Waals surface area (Å²) in [6, 6.07) is 6.49. The monoisotopic (exact) mass is 414 g/mol. The number of benzene rings is 1. The number of pyridine rings is 1. The summed E-state index contributed by atoms with van der Waals surface area (Å²) >= 11 is 3.01. The molecule has 1 N–H and O–H groups in total. The molecule has 0 bridgehead atoms. The van der Waals surface area contributed by atoms with E-state index < -0.39 is 21.7 Å². The lowest BCUT2D eigenvalue weighted by Gasteiger charge is -2.05. The van der Waals surface area contributed by atoms with Crippen molar-refractivity contribution >= 4 is 37.9 Å². The molecule has 6 nitrogen and oxygen atoms in total. The Morgan fingerprint density at radius 1 is 1.33 bits per heavy atom. The molecule has 0 fully saturated rings. The van der Waals surface area contributed by atoms with Crippen molar-refractivity contribution in [2.24, 2.45) is 0 Å². The summed E-state index contributed by atoms with van der Waals surface area (Å²) in [5.41, 5.74) is 0.510. The molecular weight excluding hydrogens is 403 g/mol. The van der Waals surface area contributed by atoms with Crippen molar-refractivity contribution in [1.29, 1.82) is 0 Å². The zero-order chi connectivity index (χ0) is 17.7. The lowest BCUT2D eigenvalue weighted by Crippen LogP contribution is -2.29. The van der Waals surface area contributed by atoms with Gasteiger partial charge in [-0.05, 0) is 51.8 Å². The van der Waals surface area contributed by atoms with E-state index in [0.29, 0.717) is 11.4 Å². The highest BCUT2D eigenvalue weighted by Gasteiger charge is 2.16. The van der Waals surface area contributed by atoms with Gasteiger partial charge in [-0.15, -0.1) is 0 Å². The van der Waals surface area contributed by atoms with Crippen LogP contribution in [0.3, 0.4) is 0 Å². The minimum Gasteiger partial charge on any atom is -0.481 e. The zero-order valence-electron chi connectivity index (χ0n) is 12.4. The molecular formula is C15H12BrFN2O4S. The molecule has 0 unspecified atom stereocenters. The van der Waals surface area contributed by atoms with E-state index in [1.165, 1.54) is 25.4 Å². The highest BCUT2D eigenvalue weighted by molar-refractivity contribution is 9.10. The van der Waals surface area contributed by atoms with Crippen molar-refractivity contribution in [3.05, 3.63) is 63.4 Å². The Balaban J connectivity index is 2.12. The molecule has 0 aliphatic heterocycles. The third-order valence-electron chi connectivity index (χ3n) is 2.82. The van der Waals surface area contributed by atoms with Crippen LogP contribution in [0.5, 0.6) is 5.88 Å². The Bertz CT molecular complexity index is 883. The van der Waals surface area contributed by atoms with Gasteiger partial charge in [0.25, 0.3) is 15.9 Å². The molecule has 0 saturated carbocycles. The van der Waals surface area contributed by atoms with Gasteiger partial charge in [-0.2, -0.15) is 0 Å². The third kappa shape index (κ3) is 4.87. The molecule has 0 atom stereocenters. The molecule has 1 aromatic heterocycles. The number of ether oxygens (including phenoxy) is 1. The van der Waals surface area contributed by atoms with Crippen LogP contribution in [0.1, 0.15) is 15.9 Å². The maximum Gasteiger partial charge on any atom is 0.266 e. The minimum absolute atomic E-state index is 0.000473. The largest absolute Gasteiger partial charge is 0.481 e. The van der Waals surface area contributed by atoms with Gasteiger partial charge in [0, 0.05) is 16.7 Å². The number of hydrogen-bond donors (Lipinski definition) is 1. The fourth-order valence-corrected chi connectivity index (χ4v) is 2.97. The van der Waals surface area contributed by atoms with Crippen molar-refractivity contribution in [3.63, 3.8) is 0 Å². The standard InChI is InChI=1S/C15H12BrFN2O4S/c1-23-14-5-2-10(9-18-14)6-7-24(21,22)19-15(20)12-4-3-11(17)8-13(12)16/h2-9H,1H3,(H,19,20). The molecule has 1 aromatic carbocycles. The Labute approximate surface area is 146 Å². The maximum atomic E-state index is 13.0. The molecule has 9 heteroatoms. The van der Waals surface area contributed by atoms with Gasteiger partial charge in [0.05, 0.1) is 18.1 Å². The SMILES string of the molecule is COc1ccc(C=CS(=O)(=O)NC(=O)c2ccc(F)cc2Br)cn1. The Morgan fingerprint density at radius 3 is 2.67 bits per heavy atom. The van der Waals surface area contributed by atoms with Crippen molar-refractivity contribution in [2.75, 3.05) is 7.11 Å². The van der Waals surface area contributed by atoms with Crippen molar-refractivity contribution in [2.45, 2.75) is 0 Å². The number of rotatable bonds is 5. The predicted molar refractivity (Wildman–Crippen MR) is 90.3 cm³/mol. The van der Waals surface area contributed by atoms with Gasteiger partial charge in [0.1, 0.15) is 5.82 Å². The first-order chi connectivity index (χ1) is 11.3. The van der Waals surface area contributed by atoms with Crippen molar-refractivity contribution < 1.29 is 22.3 Å². The van der Waals surface area contributed by atoms with E-state index in [0.717, 1.165) is 17.5 Å². The molecule has 0 aliphatic carbocycles. The number of aromatic nitrogens is 1. The van der Waals surface area contributed by atoms with Crippen LogP contribution >= 0.6 is 15.9 Å². The molecule has 2 rings (SSSR count). The molecule has 0 saturated heterocycles. The number of carbonyl (C=O) groups excluding carboxylic acids is 1. The van der Waals surface area contributed by atoms with Gasteiger partial charge >= 0.3 is 0 Å². The molecule has 0 spiro atoms. The summed E-state index contributed by atoms with van der Waals surface area (Å²) in [7, 11) is -2.56. The lowest BCUT2D eigenvalue weighted by atomic mass is 10.2. The average Bonchev–Trinajstić information content (AvgIpc) is 2.53. The van der Waals surface area contributed by atoms with E-state index in [-0.39, 0.29) is 10.0 Å². The van der Waals surface area contributed by atoms with Crippen LogP contribution in [-0.2, 0) is 10.0 Å². The third-order valence-corrected chi connectivity index (χ3v) is 4.44. The normalized spacial score (nSPS) is 11.5. The van der Waals surface area contributed by atoms with E-state index in [9.17, 15) is 17.6 Å². The van der Waals surface area contributed by atoms with E-state index in [4.69, 9.17) is 4.74 Å². The highest BCUT2D eigenvalue weighted by atomic mass is 79.9. The lowest BCUT2D eigenvalue weighted by molar-refractivity contribution is 0.0981. The molecule has 1 amide bonds. The number of sulfonamides is 1. The number of amides is 1. The van der Waals surface area contributed by atoms with E-state index in [1.807, 2.05) is 4.72 Å². The van der Waals surface area contributed by atoms with Gasteiger partial charge in [-0.25, -0.2) is 22.5 Å². The number of hydrogen-bond acceptors (Lipinski definition) is 5. The minimum atomic E-state index is -4.02. The first kappa shape index (κ1) is 18.1. The Morgan fingerprint density at radius 2 is 2.08 bits per heavy atom. The number of nitrogens with one attached hydrogen (secondary N) is 1. The summed E-state index contributed by atoms with van der Waals surface area (Å²) in [6.07, 6.45) is 2.70. The quantitative estimate of drug-likeness (QED) is 0.812. The predicted octanol–water partition coefficient (Wildman–Crippen LogP) is 2.72. The van der Waals surface area contributed by atoms with Crippen LogP contribution in [0.15, 0.2) is 46.4 Å². The van der Waals surface area contributed by atoms with Crippen LogP contribution in [0.2, 0.25) is 0 Å². The summed E-state index contributed by atoms with van der Waals surface area (Å²) in [6.45, 7) is 0. The van der Waals surface area contributed by atoms with Crippen LogP contribution < -0.4 is 9.46 Å². The van der Waals surface area contributed by atoms with Crippen LogP contribution in [0.25, 0.3) is 6.08 Å². The summed E-state index contributed by atoms with van der Waals surface area (Å²) < 4.78 is 43.8. The second-order valence-electron chi connectivity index (χ2n) is 4.54. The van der Waals surface area contributed by atoms with E-state index in [1.54, 1.807) is 12.1 Å². The van der Waals surface area contributed by atoms with E-state index in [2.05, 4.69) is 20.9 Å². The Kier molecular flexibility index (Phi) is 5.68. The van der Waals surface area contributed by atoms with Crippen molar-refractivity contribution in [1.82, 2.24) is 9.71 Å². The molecule has 0 aliphatic rings. The van der Waals surface area contributed by atoms with Gasteiger partial charge in [-0.1, -0.05) is 0 Å². The molecule has 24 heavy (non-hydrogen) atoms. The zero-order valence-corrected chi connectivity index (χ0v) is 14.8. The molecule has 126 valence electrons. The van der Waals surface area contributed by atoms with Crippen LogP contribution in [0.4, 0.5) is 4.39 Å². The Hall–Kier alpha value is -2.26. The van der Waals surface area contributed by atoms with Crippen LogP contribution in [0, 0.1) is 5.82 Å². The topological polar surface area (TPSA) is 85.4 Å². The molecule has 2 aromatic rings. The fraction of sp³-hybridized carbons (Fsp3) is 0.0667. The molecule has 1 heterocycles. The number of methoxy groups -OCH3 is 1. The first-order valence-electron chi connectivity index (χ1n) is 6.51. The number of carbonyl (C=O) groups is 1. The molecule has 0 radical (unpaired) electrons. The van der Waals surface area contributed by atoms with Gasteiger partial charge in [0.2, 0.25) is 5.88 Å². The maximum absolute atomic E-state index is 13.0. The van der Waals surface area contributed by atoms with Gasteiger partial charge < -0.3 is 4.74 Å². The number of nitrogens with zero attached hydrogens (tertiary/aromatic N) is 1. The summed E-state index contributed by atoms with van der Waals surface area (Å²) in [5.74, 6) is -1.03. The summed E-state index contributed by atoms with van der Waals surface area (Å²) in [4.78, 5) is 15.9. The van der Waals surface area contributed by atoms with E-state index >= 15 is 0 Å². The second kappa shape index (κ2) is 7.54. The van der Waals surface area contributed by atoms with Gasteiger partial charge in [-0.3, -0.25) is 4.79 Å². The van der Waals surface area contributed by atoms with Crippen LogP contribution in [-0.4, -0.2) is 26.4 Å². The van der Waals surface area contributed by atoms with Gasteiger partial charge in [0.15, 0.2) is 0 Å². The average molecular weight is 415 g/mol. The second-order valence-corrected chi connectivity index (χ2v) is 6.96. The first-order valence-corrected chi connectivity index (χ1v) is 8.85. The fourth-order valence-electron chi connectivity index (χ4n) is 1.67. The highest BCUT2D eigenvalue weighted by Crippen LogP contribution is 2.18. The number of halogens is 2. The van der Waals surface area contributed by atoms with Crippen molar-refractivity contribution in [3.8, 4) is 5.88 Å². The summed E-state index contributed by atoms with van der Waals surface area (Å²) in [5, 5.41) is 0.839.